The molecule has 32 heavy (non-hydrogen) atoms. The predicted molar refractivity (Wildman–Crippen MR) is 128 cm³/mol. The van der Waals surface area contributed by atoms with Crippen LogP contribution in [0.25, 0.3) is 11.6 Å². The summed E-state index contributed by atoms with van der Waals surface area (Å²) in [6.07, 6.45) is 1.76. The molecular weight excluding hydrogens is 493 g/mol. The van der Waals surface area contributed by atoms with Gasteiger partial charge in [-0.05, 0) is 54.1 Å². The SMILES string of the molecule is CNc1ccc2c(c1)C=C(c1ccc(NC(=O)NS(=O)(=O)c3ccc(Cl)s3)cc1Cl)C2=O. The second-order valence-electron chi connectivity index (χ2n) is 6.75. The van der Waals surface area contributed by atoms with Crippen LogP contribution >= 0.6 is 34.5 Å². The number of carbonyl (C=O) groups excluding carboxylic acids is 2. The van der Waals surface area contributed by atoms with Crippen molar-refractivity contribution in [3.63, 3.8) is 0 Å². The molecule has 1 heterocycles. The molecule has 0 saturated heterocycles. The molecule has 11 heteroatoms. The highest BCUT2D eigenvalue weighted by Gasteiger charge is 2.26. The first kappa shape index (κ1) is 22.3. The molecule has 0 bridgehead atoms. The highest BCUT2D eigenvalue weighted by Crippen LogP contribution is 2.37. The average molecular weight is 508 g/mol. The van der Waals surface area contributed by atoms with E-state index >= 15 is 0 Å². The minimum absolute atomic E-state index is 0.0845. The lowest BCUT2D eigenvalue weighted by Crippen LogP contribution is -2.33. The Balaban J connectivity index is 1.51. The summed E-state index contributed by atoms with van der Waals surface area (Å²) in [6, 6.07) is 11.8. The highest BCUT2D eigenvalue weighted by molar-refractivity contribution is 7.92. The fourth-order valence-electron chi connectivity index (χ4n) is 3.19. The lowest BCUT2D eigenvalue weighted by molar-refractivity contribution is 0.105. The van der Waals surface area contributed by atoms with Crippen molar-refractivity contribution in [2.45, 2.75) is 4.21 Å². The Morgan fingerprint density at radius 2 is 1.69 bits per heavy atom. The van der Waals surface area contributed by atoms with Crippen LogP contribution in [0, 0.1) is 0 Å². The Bertz CT molecular complexity index is 1400. The van der Waals surface area contributed by atoms with E-state index in [-0.39, 0.29) is 25.0 Å². The van der Waals surface area contributed by atoms with Crippen molar-refractivity contribution < 1.29 is 18.0 Å². The number of benzene rings is 2. The van der Waals surface area contributed by atoms with Crippen LogP contribution in [-0.4, -0.2) is 27.3 Å². The summed E-state index contributed by atoms with van der Waals surface area (Å²) in [6.45, 7) is 0. The molecule has 1 aromatic heterocycles. The number of anilines is 2. The molecule has 2 aromatic carbocycles. The largest absolute Gasteiger partial charge is 0.388 e. The van der Waals surface area contributed by atoms with Gasteiger partial charge in [-0.2, -0.15) is 0 Å². The molecule has 0 spiro atoms. The number of urea groups is 1. The number of rotatable bonds is 5. The van der Waals surface area contributed by atoms with E-state index in [1.54, 1.807) is 25.3 Å². The number of Topliss-reactive ketones (excluding diaryl/α,β-unsaturated/α-hetero) is 1. The topological polar surface area (TPSA) is 104 Å². The van der Waals surface area contributed by atoms with Gasteiger partial charge in [-0.25, -0.2) is 17.9 Å². The third-order valence-corrected chi connectivity index (χ3v) is 8.05. The van der Waals surface area contributed by atoms with Crippen LogP contribution in [-0.2, 0) is 10.0 Å². The first-order chi connectivity index (χ1) is 15.2. The molecular formula is C21H15Cl2N3O4S2. The lowest BCUT2D eigenvalue weighted by Gasteiger charge is -2.10. The van der Waals surface area contributed by atoms with Crippen molar-refractivity contribution in [3.8, 4) is 0 Å². The molecule has 0 aliphatic heterocycles. The van der Waals surface area contributed by atoms with E-state index in [4.69, 9.17) is 23.2 Å². The summed E-state index contributed by atoms with van der Waals surface area (Å²) < 4.78 is 26.6. The molecule has 0 atom stereocenters. The van der Waals surface area contributed by atoms with Gasteiger partial charge in [0.15, 0.2) is 5.78 Å². The minimum Gasteiger partial charge on any atom is -0.388 e. The van der Waals surface area contributed by atoms with E-state index < -0.39 is 16.1 Å². The van der Waals surface area contributed by atoms with E-state index in [0.717, 1.165) is 22.6 Å². The fourth-order valence-corrected chi connectivity index (χ4v) is 5.87. The van der Waals surface area contributed by atoms with Gasteiger partial charge in [-0.15, -0.1) is 11.3 Å². The van der Waals surface area contributed by atoms with Gasteiger partial charge in [-0.3, -0.25) is 4.79 Å². The van der Waals surface area contributed by atoms with Crippen LogP contribution in [0.2, 0.25) is 9.36 Å². The monoisotopic (exact) mass is 507 g/mol. The fraction of sp³-hybridized carbons (Fsp3) is 0.0476. The van der Waals surface area contributed by atoms with Gasteiger partial charge < -0.3 is 10.6 Å². The number of allylic oxidation sites excluding steroid dienone is 1. The van der Waals surface area contributed by atoms with E-state index in [1.807, 2.05) is 16.9 Å². The number of ketones is 1. The van der Waals surface area contributed by atoms with Gasteiger partial charge in [-0.1, -0.05) is 29.3 Å². The Morgan fingerprint density at radius 3 is 2.34 bits per heavy atom. The van der Waals surface area contributed by atoms with Gasteiger partial charge in [0.05, 0.1) is 9.36 Å². The summed E-state index contributed by atoms with van der Waals surface area (Å²) in [5.41, 5.74) is 3.45. The van der Waals surface area contributed by atoms with E-state index in [1.165, 1.54) is 24.3 Å². The molecule has 0 unspecified atom stereocenters. The maximum absolute atomic E-state index is 12.8. The van der Waals surface area contributed by atoms with E-state index in [0.29, 0.717) is 16.7 Å². The van der Waals surface area contributed by atoms with Gasteiger partial charge >= 0.3 is 6.03 Å². The normalized spacial score (nSPS) is 12.8. The molecule has 1 aliphatic carbocycles. The van der Waals surface area contributed by atoms with Crippen molar-refractivity contribution in [2.24, 2.45) is 0 Å². The molecule has 7 nitrogen and oxygen atoms in total. The third kappa shape index (κ3) is 4.37. The number of hydrogen-bond donors (Lipinski definition) is 3. The molecule has 2 amide bonds. The molecule has 4 rings (SSSR count). The van der Waals surface area contributed by atoms with E-state index in [9.17, 15) is 18.0 Å². The van der Waals surface area contributed by atoms with Crippen LogP contribution < -0.4 is 15.4 Å². The molecule has 1 aliphatic rings. The first-order valence-corrected chi connectivity index (χ1v) is 12.2. The Labute approximate surface area is 198 Å². The number of thiophene rings is 1. The standard InChI is InChI=1S/C21H15Cl2N3O4S2/c1-24-12-2-4-14-11(8-12)9-16(20(14)27)15-5-3-13(10-17(15)22)25-21(28)26-32(29,30)19-7-6-18(23)31-19/h2-10,24H,1H3,(H2,25,26,28). The number of hydrogen-bond acceptors (Lipinski definition) is 6. The zero-order valence-electron chi connectivity index (χ0n) is 16.4. The van der Waals surface area contributed by atoms with Gasteiger partial charge in [0, 0.05) is 35.1 Å². The number of sulfonamides is 1. The second kappa shape index (κ2) is 8.59. The Kier molecular flexibility index (Phi) is 6.00. The van der Waals surface area contributed by atoms with Crippen LogP contribution in [0.3, 0.4) is 0 Å². The van der Waals surface area contributed by atoms with Crippen molar-refractivity contribution >= 4 is 79.4 Å². The van der Waals surface area contributed by atoms with Gasteiger partial charge in [0.1, 0.15) is 4.21 Å². The first-order valence-electron chi connectivity index (χ1n) is 9.15. The summed E-state index contributed by atoms with van der Waals surface area (Å²) in [5, 5.41) is 5.68. The second-order valence-corrected chi connectivity index (χ2v) is 10.8. The van der Waals surface area contributed by atoms with Crippen LogP contribution in [0.1, 0.15) is 21.5 Å². The van der Waals surface area contributed by atoms with Crippen LogP contribution in [0.5, 0.6) is 0 Å². The maximum atomic E-state index is 12.8. The Hall–Kier alpha value is -2.85. The predicted octanol–water partition coefficient (Wildman–Crippen LogP) is 5.34. The quantitative estimate of drug-likeness (QED) is 0.432. The van der Waals surface area contributed by atoms with Gasteiger partial charge in [0.25, 0.3) is 10.0 Å². The molecule has 3 N–H and O–H groups in total. The van der Waals surface area contributed by atoms with Crippen molar-refractivity contribution in [2.75, 3.05) is 17.7 Å². The van der Waals surface area contributed by atoms with Crippen molar-refractivity contribution in [3.05, 3.63) is 74.6 Å². The molecule has 164 valence electrons. The summed E-state index contributed by atoms with van der Waals surface area (Å²) in [7, 11) is -2.26. The third-order valence-electron chi connectivity index (χ3n) is 4.69. The average Bonchev–Trinajstić information content (AvgIpc) is 3.31. The summed E-state index contributed by atoms with van der Waals surface area (Å²) in [4.78, 5) is 25.0. The summed E-state index contributed by atoms with van der Waals surface area (Å²) >= 11 is 13.0. The van der Waals surface area contributed by atoms with Crippen LogP contribution in [0.4, 0.5) is 16.2 Å². The van der Waals surface area contributed by atoms with Crippen LogP contribution in [0.15, 0.2) is 52.7 Å². The van der Waals surface area contributed by atoms with E-state index in [2.05, 4.69) is 10.6 Å². The van der Waals surface area contributed by atoms with Gasteiger partial charge in [0.2, 0.25) is 0 Å². The van der Waals surface area contributed by atoms with Crippen molar-refractivity contribution in [1.29, 1.82) is 0 Å². The highest BCUT2D eigenvalue weighted by atomic mass is 35.5. The number of nitrogens with one attached hydrogen (secondary N) is 3. The van der Waals surface area contributed by atoms with Crippen molar-refractivity contribution in [1.82, 2.24) is 4.72 Å². The number of amides is 2. The molecule has 0 fully saturated rings. The zero-order chi connectivity index (χ0) is 23.0. The molecule has 0 saturated carbocycles. The number of carbonyl (C=O) groups is 2. The number of halogens is 2. The summed E-state index contributed by atoms with van der Waals surface area (Å²) in [5.74, 6) is -0.149. The lowest BCUT2D eigenvalue weighted by atomic mass is 10.0. The zero-order valence-corrected chi connectivity index (χ0v) is 19.5. The molecule has 3 aromatic rings. The molecule has 0 radical (unpaired) electrons. The minimum atomic E-state index is -4.05. The Morgan fingerprint density at radius 1 is 0.969 bits per heavy atom. The number of fused-ring (bicyclic) bond motifs is 1. The maximum Gasteiger partial charge on any atom is 0.333 e. The smallest absolute Gasteiger partial charge is 0.333 e.